The highest BCUT2D eigenvalue weighted by Gasteiger charge is 2.11. The molecular formula is C13H18O6. The van der Waals surface area contributed by atoms with Gasteiger partial charge in [0.25, 0.3) is 0 Å². The van der Waals surface area contributed by atoms with Crippen LogP contribution >= 0.6 is 0 Å². The topological polar surface area (TPSA) is 93.1 Å². The molecule has 0 saturated heterocycles. The quantitative estimate of drug-likeness (QED) is 0.356. The molecule has 19 heavy (non-hydrogen) atoms. The largest absolute Gasteiger partial charge is 0.478 e. The second-order valence-electron chi connectivity index (χ2n) is 3.59. The minimum absolute atomic E-state index is 0.0602. The van der Waals surface area contributed by atoms with E-state index in [0.29, 0.717) is 13.2 Å². The molecule has 0 saturated carbocycles. The molecular weight excluding hydrogens is 252 g/mol. The molecule has 0 fully saturated rings. The number of carboxylic acid groups (broad SMARTS) is 1. The molecule has 0 heterocycles. The van der Waals surface area contributed by atoms with Crippen LogP contribution in [0, 0.1) is 0 Å². The predicted octanol–water partition coefficient (Wildman–Crippen LogP) is 2.10. The van der Waals surface area contributed by atoms with Gasteiger partial charge in [-0.2, -0.15) is 0 Å². The summed E-state index contributed by atoms with van der Waals surface area (Å²) in [5, 5.41) is 16.4. The first-order chi connectivity index (χ1) is 9.04. The van der Waals surface area contributed by atoms with Crippen LogP contribution in [-0.2, 0) is 9.62 Å². The summed E-state index contributed by atoms with van der Waals surface area (Å²) < 4.78 is 4.65. The van der Waals surface area contributed by atoms with Gasteiger partial charge in [0.1, 0.15) is 0 Å². The van der Waals surface area contributed by atoms with Gasteiger partial charge in [-0.1, -0.05) is 18.2 Å². The van der Waals surface area contributed by atoms with Gasteiger partial charge in [-0.3, -0.25) is 10.1 Å². The zero-order valence-corrected chi connectivity index (χ0v) is 11.0. The van der Waals surface area contributed by atoms with Gasteiger partial charge in [-0.05, 0) is 19.4 Å². The van der Waals surface area contributed by atoms with E-state index in [0.717, 1.165) is 6.42 Å². The van der Waals surface area contributed by atoms with Crippen LogP contribution in [-0.4, -0.2) is 42.4 Å². The van der Waals surface area contributed by atoms with Crippen molar-refractivity contribution in [3.05, 3.63) is 35.4 Å². The first kappa shape index (κ1) is 17.2. The molecule has 0 bridgehead atoms. The van der Waals surface area contributed by atoms with Crippen LogP contribution in [0.1, 0.15) is 34.1 Å². The summed E-state index contributed by atoms with van der Waals surface area (Å²) in [6.45, 7) is 2.34. The number of ketones is 1. The molecule has 6 nitrogen and oxygen atoms in total. The van der Waals surface area contributed by atoms with Crippen molar-refractivity contribution in [1.82, 2.24) is 0 Å². The highest BCUT2D eigenvalue weighted by molar-refractivity contribution is 6.04. The Morgan fingerprint density at radius 1 is 1.16 bits per heavy atom. The first-order valence-corrected chi connectivity index (χ1v) is 5.63. The molecule has 1 aromatic carbocycles. The van der Waals surface area contributed by atoms with Crippen molar-refractivity contribution in [3.8, 4) is 0 Å². The third-order valence-corrected chi connectivity index (χ3v) is 2.12. The summed E-state index contributed by atoms with van der Waals surface area (Å²) in [5.41, 5.74) is 0.315. The third-order valence-electron chi connectivity index (χ3n) is 2.12. The Labute approximate surface area is 111 Å². The van der Waals surface area contributed by atoms with Gasteiger partial charge >= 0.3 is 5.97 Å². The smallest absolute Gasteiger partial charge is 0.336 e. The van der Waals surface area contributed by atoms with Crippen LogP contribution in [0.2, 0.25) is 0 Å². The molecule has 0 spiro atoms. The average Bonchev–Trinajstić information content (AvgIpc) is 2.40. The van der Waals surface area contributed by atoms with E-state index in [1.165, 1.54) is 19.1 Å². The fourth-order valence-corrected chi connectivity index (χ4v) is 1.24. The Balaban J connectivity index is 0.000000399. The van der Waals surface area contributed by atoms with Gasteiger partial charge < -0.3 is 9.84 Å². The molecule has 106 valence electrons. The number of benzene rings is 1. The zero-order valence-electron chi connectivity index (χ0n) is 11.0. The zero-order chi connectivity index (χ0) is 14.7. The van der Waals surface area contributed by atoms with E-state index in [9.17, 15) is 9.59 Å². The van der Waals surface area contributed by atoms with E-state index in [1.807, 2.05) is 0 Å². The Bertz CT molecular complexity index is 365. The van der Waals surface area contributed by atoms with Crippen LogP contribution in [0.5, 0.6) is 0 Å². The van der Waals surface area contributed by atoms with E-state index in [-0.39, 0.29) is 16.9 Å². The van der Waals surface area contributed by atoms with Crippen LogP contribution in [0.25, 0.3) is 0 Å². The van der Waals surface area contributed by atoms with E-state index < -0.39 is 5.97 Å². The summed E-state index contributed by atoms with van der Waals surface area (Å²) in [6, 6.07) is 6.16. The second kappa shape index (κ2) is 10.2. The lowest BCUT2D eigenvalue weighted by Crippen LogP contribution is -2.05. The second-order valence-corrected chi connectivity index (χ2v) is 3.59. The number of hydrogen-bond acceptors (Lipinski definition) is 5. The normalized spacial score (nSPS) is 9.42. The summed E-state index contributed by atoms with van der Waals surface area (Å²) in [7, 11) is 1.61. The Kier molecular flexibility index (Phi) is 9.25. The van der Waals surface area contributed by atoms with Gasteiger partial charge in [0.15, 0.2) is 5.78 Å². The van der Waals surface area contributed by atoms with Gasteiger partial charge in [0, 0.05) is 19.3 Å². The molecule has 0 atom stereocenters. The van der Waals surface area contributed by atoms with Crippen molar-refractivity contribution in [2.75, 3.05) is 20.3 Å². The predicted molar refractivity (Wildman–Crippen MR) is 68.5 cm³/mol. The van der Waals surface area contributed by atoms with Crippen molar-refractivity contribution >= 4 is 11.8 Å². The SMILES string of the molecule is CC(=O)c1ccccc1C(=O)O.COCCCOO. The summed E-state index contributed by atoms with van der Waals surface area (Å²) in [5.74, 6) is -1.30. The maximum atomic E-state index is 10.9. The molecule has 0 aliphatic rings. The van der Waals surface area contributed by atoms with Crippen molar-refractivity contribution in [3.63, 3.8) is 0 Å². The number of carbonyl (C=O) groups is 2. The number of hydrogen-bond donors (Lipinski definition) is 2. The number of methoxy groups -OCH3 is 1. The lowest BCUT2D eigenvalue weighted by molar-refractivity contribution is -0.243. The molecule has 0 radical (unpaired) electrons. The molecule has 6 heteroatoms. The lowest BCUT2D eigenvalue weighted by atomic mass is 10.1. The van der Waals surface area contributed by atoms with Gasteiger partial charge in [0.2, 0.25) is 0 Å². The Morgan fingerprint density at radius 2 is 1.74 bits per heavy atom. The monoisotopic (exact) mass is 270 g/mol. The van der Waals surface area contributed by atoms with Crippen LogP contribution in [0.3, 0.4) is 0 Å². The molecule has 1 aromatic rings. The highest BCUT2D eigenvalue weighted by Crippen LogP contribution is 2.08. The van der Waals surface area contributed by atoms with Crippen molar-refractivity contribution in [2.24, 2.45) is 0 Å². The molecule has 0 unspecified atom stereocenters. The summed E-state index contributed by atoms with van der Waals surface area (Å²) in [4.78, 5) is 25.2. The Hall–Kier alpha value is -1.76. The summed E-state index contributed by atoms with van der Waals surface area (Å²) in [6.07, 6.45) is 0.743. The van der Waals surface area contributed by atoms with E-state index in [1.54, 1.807) is 19.2 Å². The fourth-order valence-electron chi connectivity index (χ4n) is 1.24. The number of carbonyl (C=O) groups excluding carboxylic acids is 1. The minimum atomic E-state index is -1.07. The Morgan fingerprint density at radius 3 is 2.11 bits per heavy atom. The molecule has 0 aliphatic heterocycles. The lowest BCUT2D eigenvalue weighted by Gasteiger charge is -1.99. The average molecular weight is 270 g/mol. The standard InChI is InChI=1S/C9H8O3.C4H10O3/c1-6(10)7-4-2-3-5-8(7)9(11)12;1-6-3-2-4-7-5/h2-5H,1H3,(H,11,12);5H,2-4H2,1H3. The van der Waals surface area contributed by atoms with Crippen molar-refractivity contribution < 1.29 is 29.6 Å². The number of carboxylic acids is 1. The first-order valence-electron chi connectivity index (χ1n) is 5.63. The fraction of sp³-hybridized carbons (Fsp3) is 0.385. The van der Waals surface area contributed by atoms with Crippen molar-refractivity contribution in [1.29, 1.82) is 0 Å². The van der Waals surface area contributed by atoms with Gasteiger partial charge in [-0.15, -0.1) is 0 Å². The number of rotatable bonds is 6. The van der Waals surface area contributed by atoms with Gasteiger partial charge in [0.05, 0.1) is 12.2 Å². The van der Waals surface area contributed by atoms with Crippen LogP contribution in [0.15, 0.2) is 24.3 Å². The maximum absolute atomic E-state index is 10.9. The molecule has 0 amide bonds. The van der Waals surface area contributed by atoms with Crippen LogP contribution < -0.4 is 0 Å². The van der Waals surface area contributed by atoms with E-state index >= 15 is 0 Å². The van der Waals surface area contributed by atoms with Crippen molar-refractivity contribution in [2.45, 2.75) is 13.3 Å². The molecule has 2 N–H and O–H groups in total. The minimum Gasteiger partial charge on any atom is -0.478 e. The summed E-state index contributed by atoms with van der Waals surface area (Å²) >= 11 is 0. The molecule has 0 aliphatic carbocycles. The van der Waals surface area contributed by atoms with E-state index in [2.05, 4.69) is 9.62 Å². The van der Waals surface area contributed by atoms with E-state index in [4.69, 9.17) is 10.4 Å². The third kappa shape index (κ3) is 7.30. The van der Waals surface area contributed by atoms with Crippen LogP contribution in [0.4, 0.5) is 0 Å². The number of ether oxygens (including phenoxy) is 1. The number of Topliss-reactive ketones (excluding diaryl/α,β-unsaturated/α-hetero) is 1. The number of aromatic carboxylic acids is 1. The molecule has 1 rings (SSSR count). The maximum Gasteiger partial charge on any atom is 0.336 e. The van der Waals surface area contributed by atoms with Gasteiger partial charge in [-0.25, -0.2) is 9.68 Å². The highest BCUT2D eigenvalue weighted by atomic mass is 17.1. The molecule has 0 aromatic heterocycles.